The molecule has 0 atom stereocenters. The van der Waals surface area contributed by atoms with Crippen LogP contribution < -0.4 is 16.0 Å². The van der Waals surface area contributed by atoms with Crippen LogP contribution in [-0.4, -0.2) is 81.2 Å². The van der Waals surface area contributed by atoms with Crippen molar-refractivity contribution in [2.24, 2.45) is 0 Å². The summed E-state index contributed by atoms with van der Waals surface area (Å²) in [7, 11) is 4.32. The van der Waals surface area contributed by atoms with Crippen molar-refractivity contribution in [2.45, 2.75) is 0 Å². The molecule has 2 aromatic rings. The Morgan fingerprint density at radius 2 is 1.39 bits per heavy atom. The first-order valence-electron chi connectivity index (χ1n) is 10.4. The van der Waals surface area contributed by atoms with E-state index in [2.05, 4.69) is 46.2 Å². The van der Waals surface area contributed by atoms with Crippen LogP contribution in [0.1, 0.15) is 0 Å². The van der Waals surface area contributed by atoms with Crippen molar-refractivity contribution < 1.29 is 9.31 Å². The highest BCUT2D eigenvalue weighted by Gasteiger charge is 2.13. The number of nitrogen functional groups attached to an aromatic ring is 1. The molecule has 0 radical (unpaired) electrons. The Kier molecular flexibility index (Phi) is 10.2. The number of nitrogens with two attached hydrogens (primary N) is 1. The lowest BCUT2D eigenvalue weighted by molar-refractivity contribution is -0.384. The first-order chi connectivity index (χ1) is 14.8. The van der Waals surface area contributed by atoms with Crippen LogP contribution in [0.5, 0.6) is 0 Å². The Morgan fingerprint density at radius 1 is 0.871 bits per heavy atom. The van der Waals surface area contributed by atoms with Gasteiger partial charge in [0.05, 0.1) is 4.92 Å². The van der Waals surface area contributed by atoms with Crippen LogP contribution in [0.4, 0.5) is 21.5 Å². The molecule has 0 aliphatic carbocycles. The maximum Gasteiger partial charge on any atom is 0.269 e. The predicted molar refractivity (Wildman–Crippen MR) is 124 cm³/mol. The quantitative estimate of drug-likeness (QED) is 0.427. The molecule has 170 valence electrons. The number of likely N-dealkylation sites (N-methyl/N-ethyl adjacent to an activating group) is 2. The average Bonchev–Trinajstić information content (AvgIpc) is 2.77. The highest BCUT2D eigenvalue weighted by Crippen LogP contribution is 2.17. The van der Waals surface area contributed by atoms with Crippen molar-refractivity contribution in [3.63, 3.8) is 0 Å². The number of nitrogens with zero attached hydrogens (tertiary/aromatic N) is 4. The number of piperazine rings is 2. The molecule has 0 unspecified atom stereocenters. The maximum absolute atomic E-state index is 12.1. The summed E-state index contributed by atoms with van der Waals surface area (Å²) in [5.41, 5.74) is 7.68. The van der Waals surface area contributed by atoms with Crippen LogP contribution in [-0.2, 0) is 0 Å². The number of rotatable bonds is 2. The second-order valence-electron chi connectivity index (χ2n) is 7.67. The lowest BCUT2D eigenvalue weighted by Crippen LogP contribution is -2.44. The Labute approximate surface area is 183 Å². The molecular formula is C22H33FN6O2. The van der Waals surface area contributed by atoms with E-state index in [0.29, 0.717) is 0 Å². The minimum Gasteiger partial charge on any atom is -0.399 e. The minimum atomic E-state index is -0.570. The van der Waals surface area contributed by atoms with E-state index in [1.54, 1.807) is 0 Å². The summed E-state index contributed by atoms with van der Waals surface area (Å²) in [5, 5.41) is 13.3. The molecule has 0 amide bonds. The number of nitrogens with one attached hydrogen (secondary N) is 1. The molecule has 2 heterocycles. The van der Waals surface area contributed by atoms with Gasteiger partial charge in [-0.1, -0.05) is 0 Å². The van der Waals surface area contributed by atoms with Gasteiger partial charge in [0.2, 0.25) is 0 Å². The van der Waals surface area contributed by atoms with Crippen LogP contribution in [0.25, 0.3) is 0 Å². The first-order valence-corrected chi connectivity index (χ1v) is 10.4. The van der Waals surface area contributed by atoms with Crippen LogP contribution >= 0.6 is 0 Å². The highest BCUT2D eigenvalue weighted by molar-refractivity contribution is 5.53. The molecule has 0 aromatic heterocycles. The number of anilines is 2. The topological polar surface area (TPSA) is 90.9 Å². The molecule has 2 fully saturated rings. The molecular weight excluding hydrogens is 399 g/mol. The number of benzene rings is 2. The van der Waals surface area contributed by atoms with Crippen molar-refractivity contribution in [1.82, 2.24) is 15.1 Å². The van der Waals surface area contributed by atoms with Gasteiger partial charge in [-0.25, -0.2) is 4.39 Å². The standard InChI is InChI=1S/C11H17N3.C6H4FNO2.C5H12N2/c1-13-6-8-14(9-7-13)11-4-2-10(12)3-5-11;7-5-1-3-6(4-2-5)8(9)10;1-7-4-2-6-3-5-7/h2-5H,6-9,12H2,1H3;1-4H;6H,2-5H2,1H3. The lowest BCUT2D eigenvalue weighted by atomic mass is 10.2. The fourth-order valence-corrected chi connectivity index (χ4v) is 3.09. The van der Waals surface area contributed by atoms with Gasteiger partial charge in [-0.3, -0.25) is 10.1 Å². The number of hydrogen-bond donors (Lipinski definition) is 2. The van der Waals surface area contributed by atoms with E-state index in [1.807, 2.05) is 12.1 Å². The van der Waals surface area contributed by atoms with Crippen molar-refractivity contribution in [1.29, 1.82) is 0 Å². The largest absolute Gasteiger partial charge is 0.399 e. The Hall–Kier alpha value is -2.75. The summed E-state index contributed by atoms with van der Waals surface area (Å²) in [5.74, 6) is -0.467. The SMILES string of the molecule is CN1CCN(c2ccc(N)cc2)CC1.CN1CCNCC1.O=[N+]([O-])c1ccc(F)cc1. The number of nitro groups is 1. The number of halogens is 1. The highest BCUT2D eigenvalue weighted by atomic mass is 19.1. The van der Waals surface area contributed by atoms with Crippen molar-refractivity contribution in [2.75, 3.05) is 77.1 Å². The van der Waals surface area contributed by atoms with Gasteiger partial charge in [-0.2, -0.15) is 0 Å². The Balaban J connectivity index is 0.000000176. The molecule has 8 nitrogen and oxygen atoms in total. The van der Waals surface area contributed by atoms with Crippen LogP contribution in [0.3, 0.4) is 0 Å². The van der Waals surface area contributed by atoms with Gasteiger partial charge < -0.3 is 25.8 Å². The zero-order valence-corrected chi connectivity index (χ0v) is 18.3. The molecule has 0 spiro atoms. The second-order valence-corrected chi connectivity index (χ2v) is 7.67. The summed E-state index contributed by atoms with van der Waals surface area (Å²) in [6.07, 6.45) is 0. The molecule has 0 bridgehead atoms. The fraction of sp³-hybridized carbons (Fsp3) is 0.455. The van der Waals surface area contributed by atoms with Crippen LogP contribution in [0.15, 0.2) is 48.5 Å². The molecule has 2 aromatic carbocycles. The fourth-order valence-electron chi connectivity index (χ4n) is 3.09. The van der Waals surface area contributed by atoms with E-state index in [0.717, 1.165) is 69.2 Å². The van der Waals surface area contributed by atoms with Crippen molar-refractivity contribution in [3.8, 4) is 0 Å². The third-order valence-corrected chi connectivity index (χ3v) is 5.14. The van der Waals surface area contributed by atoms with Gasteiger partial charge >= 0.3 is 0 Å². The summed E-state index contributed by atoms with van der Waals surface area (Å²) in [4.78, 5) is 16.5. The molecule has 31 heavy (non-hydrogen) atoms. The van der Waals surface area contributed by atoms with E-state index >= 15 is 0 Å². The maximum atomic E-state index is 12.1. The van der Waals surface area contributed by atoms with Crippen molar-refractivity contribution in [3.05, 3.63) is 64.5 Å². The van der Waals surface area contributed by atoms with E-state index < -0.39 is 10.7 Å². The zero-order valence-electron chi connectivity index (χ0n) is 18.3. The van der Waals surface area contributed by atoms with Gasteiger partial charge in [0, 0.05) is 75.9 Å². The number of hydrogen-bond acceptors (Lipinski definition) is 7. The van der Waals surface area contributed by atoms with Crippen molar-refractivity contribution >= 4 is 17.1 Å². The van der Waals surface area contributed by atoms with E-state index in [1.165, 1.54) is 18.8 Å². The summed E-state index contributed by atoms with van der Waals surface area (Å²) >= 11 is 0. The van der Waals surface area contributed by atoms with Gasteiger partial charge in [-0.05, 0) is 50.5 Å². The molecule has 4 rings (SSSR count). The number of non-ortho nitro benzene ring substituents is 1. The van der Waals surface area contributed by atoms with Gasteiger partial charge in [0.1, 0.15) is 5.82 Å². The average molecular weight is 433 g/mol. The predicted octanol–water partition coefficient (Wildman–Crippen LogP) is 2.28. The summed E-state index contributed by atoms with van der Waals surface area (Å²) in [6, 6.07) is 12.5. The number of nitro benzene ring substituents is 1. The molecule has 9 heteroatoms. The lowest BCUT2D eigenvalue weighted by Gasteiger charge is -2.34. The third-order valence-electron chi connectivity index (χ3n) is 5.14. The van der Waals surface area contributed by atoms with E-state index in [9.17, 15) is 14.5 Å². The monoisotopic (exact) mass is 432 g/mol. The van der Waals surface area contributed by atoms with Crippen LogP contribution in [0.2, 0.25) is 0 Å². The van der Waals surface area contributed by atoms with E-state index in [4.69, 9.17) is 5.73 Å². The van der Waals surface area contributed by atoms with Gasteiger partial charge in [0.15, 0.2) is 0 Å². The van der Waals surface area contributed by atoms with E-state index in [-0.39, 0.29) is 5.69 Å². The normalized spacial score (nSPS) is 17.1. The molecule has 2 aliphatic heterocycles. The zero-order chi connectivity index (χ0) is 22.6. The molecule has 2 aliphatic rings. The Bertz CT molecular complexity index is 774. The third kappa shape index (κ3) is 9.29. The summed E-state index contributed by atoms with van der Waals surface area (Å²) < 4.78 is 12.1. The second kappa shape index (κ2) is 12.8. The Morgan fingerprint density at radius 3 is 1.84 bits per heavy atom. The van der Waals surface area contributed by atoms with Crippen LogP contribution in [0, 0.1) is 15.9 Å². The van der Waals surface area contributed by atoms with Gasteiger partial charge in [0.25, 0.3) is 5.69 Å². The smallest absolute Gasteiger partial charge is 0.269 e. The molecule has 2 saturated heterocycles. The molecule has 3 N–H and O–H groups in total. The van der Waals surface area contributed by atoms with Gasteiger partial charge in [-0.15, -0.1) is 0 Å². The minimum absolute atomic E-state index is 0.0959. The molecule has 0 saturated carbocycles. The first kappa shape index (κ1) is 24.5. The summed E-state index contributed by atoms with van der Waals surface area (Å²) in [6.45, 7) is 9.25.